The fourth-order valence-electron chi connectivity index (χ4n) is 0.965. The summed E-state index contributed by atoms with van der Waals surface area (Å²) in [4.78, 5) is 11.4. The summed E-state index contributed by atoms with van der Waals surface area (Å²) in [5, 5.41) is 2.96. The van der Waals surface area contributed by atoms with Crippen molar-refractivity contribution in [1.82, 2.24) is 5.32 Å². The van der Waals surface area contributed by atoms with Gasteiger partial charge in [-0.05, 0) is 12.3 Å². The van der Waals surface area contributed by atoms with Crippen molar-refractivity contribution >= 4 is 5.91 Å². The number of rotatable bonds is 2. The average Bonchev–Trinajstić information content (AvgIpc) is 1.79. The highest BCUT2D eigenvalue weighted by atomic mass is 16.5. The molecule has 1 amide bonds. The van der Waals surface area contributed by atoms with E-state index in [4.69, 9.17) is 4.74 Å². The van der Waals surface area contributed by atoms with E-state index in [1.165, 1.54) is 0 Å². The van der Waals surface area contributed by atoms with Gasteiger partial charge in [-0.25, -0.2) is 0 Å². The summed E-state index contributed by atoms with van der Waals surface area (Å²) in [6.45, 7) is 9.08. The molecule has 1 N–H and O–H groups in total. The molecule has 13 heavy (non-hydrogen) atoms. The summed E-state index contributed by atoms with van der Waals surface area (Å²) in [6, 6.07) is 0.184. The summed E-state index contributed by atoms with van der Waals surface area (Å²) >= 11 is 0. The van der Waals surface area contributed by atoms with E-state index in [9.17, 15) is 4.79 Å². The lowest BCUT2D eigenvalue weighted by molar-refractivity contribution is -0.146. The Kier molecular flexibility index (Phi) is 2.96. The third-order valence-electron chi connectivity index (χ3n) is 2.65. The first-order valence-corrected chi connectivity index (χ1v) is 4.83. The highest BCUT2D eigenvalue weighted by Crippen LogP contribution is 2.19. The molecule has 1 rings (SSSR count). The summed E-state index contributed by atoms with van der Waals surface area (Å²) < 4.78 is 5.09. The van der Waals surface area contributed by atoms with Crippen LogP contribution in [0.15, 0.2) is 0 Å². The molecule has 2 unspecified atom stereocenters. The van der Waals surface area contributed by atoms with Crippen molar-refractivity contribution < 1.29 is 9.53 Å². The van der Waals surface area contributed by atoms with Gasteiger partial charge in [0.1, 0.15) is 6.10 Å². The molecule has 0 radical (unpaired) electrons. The summed E-state index contributed by atoms with van der Waals surface area (Å²) in [5.74, 6) is 0.0358. The van der Waals surface area contributed by atoms with E-state index in [2.05, 4.69) is 26.1 Å². The van der Waals surface area contributed by atoms with Crippen LogP contribution < -0.4 is 5.32 Å². The summed E-state index contributed by atoms with van der Waals surface area (Å²) in [7, 11) is 0. The molecule has 2 atom stereocenters. The SMILES string of the molecule is CC(NC(=O)C1CCO1)C(C)(C)C. The Labute approximate surface area is 79.8 Å². The minimum absolute atomic E-state index is 0.0358. The highest BCUT2D eigenvalue weighted by molar-refractivity contribution is 5.81. The lowest BCUT2D eigenvalue weighted by Crippen LogP contribution is -2.49. The van der Waals surface area contributed by atoms with Crippen LogP contribution in [0.25, 0.3) is 0 Å². The molecule has 1 aliphatic heterocycles. The van der Waals surface area contributed by atoms with E-state index in [0.29, 0.717) is 0 Å². The first kappa shape index (κ1) is 10.5. The van der Waals surface area contributed by atoms with E-state index >= 15 is 0 Å². The smallest absolute Gasteiger partial charge is 0.249 e. The third-order valence-corrected chi connectivity index (χ3v) is 2.65. The molecular formula is C10H19NO2. The minimum atomic E-state index is -0.190. The topological polar surface area (TPSA) is 38.3 Å². The van der Waals surface area contributed by atoms with Crippen molar-refractivity contribution in [3.63, 3.8) is 0 Å². The molecular weight excluding hydrogens is 166 g/mol. The molecule has 3 heteroatoms. The summed E-state index contributed by atoms with van der Waals surface area (Å²) in [5.41, 5.74) is 0.111. The van der Waals surface area contributed by atoms with Crippen LogP contribution >= 0.6 is 0 Å². The lowest BCUT2D eigenvalue weighted by Gasteiger charge is -2.32. The van der Waals surface area contributed by atoms with Crippen LogP contribution in [0, 0.1) is 5.41 Å². The van der Waals surface area contributed by atoms with Crippen molar-refractivity contribution in [1.29, 1.82) is 0 Å². The Hall–Kier alpha value is -0.570. The second-order valence-corrected chi connectivity index (χ2v) is 4.74. The van der Waals surface area contributed by atoms with Crippen molar-refractivity contribution in [3.05, 3.63) is 0 Å². The first-order valence-electron chi connectivity index (χ1n) is 4.83. The van der Waals surface area contributed by atoms with E-state index in [1.54, 1.807) is 0 Å². The maximum Gasteiger partial charge on any atom is 0.249 e. The monoisotopic (exact) mass is 185 g/mol. The van der Waals surface area contributed by atoms with Gasteiger partial charge < -0.3 is 10.1 Å². The van der Waals surface area contributed by atoms with Gasteiger partial charge in [-0.15, -0.1) is 0 Å². The predicted molar refractivity (Wildman–Crippen MR) is 51.4 cm³/mol. The lowest BCUT2D eigenvalue weighted by atomic mass is 9.88. The van der Waals surface area contributed by atoms with Gasteiger partial charge >= 0.3 is 0 Å². The van der Waals surface area contributed by atoms with Crippen molar-refractivity contribution in [2.75, 3.05) is 6.61 Å². The van der Waals surface area contributed by atoms with E-state index < -0.39 is 0 Å². The number of hydrogen-bond acceptors (Lipinski definition) is 2. The van der Waals surface area contributed by atoms with E-state index in [-0.39, 0.29) is 23.5 Å². The average molecular weight is 185 g/mol. The quantitative estimate of drug-likeness (QED) is 0.704. The molecule has 76 valence electrons. The zero-order chi connectivity index (χ0) is 10.1. The molecule has 1 saturated heterocycles. The molecule has 1 aliphatic rings. The molecule has 0 spiro atoms. The number of amides is 1. The maximum absolute atomic E-state index is 11.4. The molecule has 0 aromatic carbocycles. The summed E-state index contributed by atoms with van der Waals surface area (Å²) in [6.07, 6.45) is 0.674. The zero-order valence-electron chi connectivity index (χ0n) is 8.89. The van der Waals surface area contributed by atoms with Gasteiger partial charge in [0.2, 0.25) is 5.91 Å². The van der Waals surface area contributed by atoms with Crippen LogP contribution in [-0.4, -0.2) is 24.7 Å². The van der Waals surface area contributed by atoms with Crippen LogP contribution in [0.4, 0.5) is 0 Å². The number of hydrogen-bond donors (Lipinski definition) is 1. The second kappa shape index (κ2) is 3.66. The maximum atomic E-state index is 11.4. The van der Waals surface area contributed by atoms with E-state index in [1.807, 2.05) is 6.92 Å². The number of ether oxygens (including phenoxy) is 1. The van der Waals surface area contributed by atoms with Crippen molar-refractivity contribution in [2.24, 2.45) is 5.41 Å². The molecule has 0 aliphatic carbocycles. The normalized spacial score (nSPS) is 24.8. The van der Waals surface area contributed by atoms with Gasteiger partial charge in [-0.1, -0.05) is 20.8 Å². The Morgan fingerprint density at radius 3 is 2.38 bits per heavy atom. The fourth-order valence-corrected chi connectivity index (χ4v) is 0.965. The molecule has 0 saturated carbocycles. The van der Waals surface area contributed by atoms with Gasteiger partial charge in [0.05, 0.1) is 6.61 Å². The number of carbonyl (C=O) groups excluding carboxylic acids is 1. The zero-order valence-corrected chi connectivity index (χ0v) is 8.89. The Morgan fingerprint density at radius 2 is 2.08 bits per heavy atom. The van der Waals surface area contributed by atoms with Crippen LogP contribution in [0.2, 0.25) is 0 Å². The third kappa shape index (κ3) is 2.69. The van der Waals surface area contributed by atoms with Gasteiger partial charge in [-0.2, -0.15) is 0 Å². The Balaban J connectivity index is 2.35. The number of carbonyl (C=O) groups is 1. The second-order valence-electron chi connectivity index (χ2n) is 4.74. The predicted octanol–water partition coefficient (Wildman–Crippen LogP) is 1.33. The molecule has 1 heterocycles. The molecule has 3 nitrogen and oxygen atoms in total. The molecule has 0 aromatic rings. The van der Waals surface area contributed by atoms with Crippen LogP contribution in [0.3, 0.4) is 0 Å². The van der Waals surface area contributed by atoms with Crippen LogP contribution in [-0.2, 0) is 9.53 Å². The highest BCUT2D eigenvalue weighted by Gasteiger charge is 2.29. The minimum Gasteiger partial charge on any atom is -0.368 e. The molecule has 1 fully saturated rings. The van der Waals surface area contributed by atoms with Gasteiger partial charge in [-0.3, -0.25) is 4.79 Å². The van der Waals surface area contributed by atoms with Crippen molar-refractivity contribution in [3.8, 4) is 0 Å². The van der Waals surface area contributed by atoms with Crippen LogP contribution in [0.1, 0.15) is 34.1 Å². The fraction of sp³-hybridized carbons (Fsp3) is 0.900. The van der Waals surface area contributed by atoms with Crippen molar-refractivity contribution in [2.45, 2.75) is 46.3 Å². The number of nitrogens with one attached hydrogen (secondary N) is 1. The van der Waals surface area contributed by atoms with Gasteiger partial charge in [0.15, 0.2) is 0 Å². The van der Waals surface area contributed by atoms with Gasteiger partial charge in [0.25, 0.3) is 0 Å². The molecule has 0 bridgehead atoms. The standard InChI is InChI=1S/C10H19NO2/c1-7(10(2,3)4)11-9(12)8-5-6-13-8/h7-8H,5-6H2,1-4H3,(H,11,12). The van der Waals surface area contributed by atoms with Gasteiger partial charge in [0, 0.05) is 12.5 Å². The first-order chi connectivity index (χ1) is 5.91. The Morgan fingerprint density at radius 1 is 1.54 bits per heavy atom. The Bertz CT molecular complexity index is 192. The van der Waals surface area contributed by atoms with Crippen LogP contribution in [0.5, 0.6) is 0 Å². The largest absolute Gasteiger partial charge is 0.368 e. The van der Waals surface area contributed by atoms with E-state index in [0.717, 1.165) is 13.0 Å². The molecule has 0 aromatic heterocycles.